The summed E-state index contributed by atoms with van der Waals surface area (Å²) in [5.41, 5.74) is 6.26. The molecule has 1 N–H and O–H groups in total. The molecule has 0 aliphatic carbocycles. The predicted molar refractivity (Wildman–Crippen MR) is 107 cm³/mol. The molecule has 0 bridgehead atoms. The summed E-state index contributed by atoms with van der Waals surface area (Å²) in [6, 6.07) is 18.0. The van der Waals surface area contributed by atoms with Crippen molar-refractivity contribution in [1.82, 2.24) is 4.90 Å². The van der Waals surface area contributed by atoms with Gasteiger partial charge in [0, 0.05) is 12.5 Å². The lowest BCUT2D eigenvalue weighted by Crippen LogP contribution is -2.25. The molecule has 0 aliphatic heterocycles. The lowest BCUT2D eigenvalue weighted by Gasteiger charge is -2.17. The van der Waals surface area contributed by atoms with E-state index in [0.717, 1.165) is 29.3 Å². The lowest BCUT2D eigenvalue weighted by molar-refractivity contribution is 0.381. The maximum absolute atomic E-state index is 5.20. The average Bonchev–Trinajstić information content (AvgIpc) is 2.62. The molecular formula is C21H27N3O. The smallest absolute Gasteiger partial charge is 0.118 e. The van der Waals surface area contributed by atoms with Crippen LogP contribution in [-0.4, -0.2) is 38.4 Å². The number of methoxy groups -OCH3 is 1. The van der Waals surface area contributed by atoms with Crippen molar-refractivity contribution >= 4 is 17.5 Å². The van der Waals surface area contributed by atoms with Crippen LogP contribution in [0.5, 0.6) is 5.75 Å². The molecule has 0 aromatic heterocycles. The van der Waals surface area contributed by atoms with Gasteiger partial charge < -0.3 is 9.64 Å². The van der Waals surface area contributed by atoms with Gasteiger partial charge in [-0.05, 0) is 50.0 Å². The second-order valence-electron chi connectivity index (χ2n) is 6.28. The Morgan fingerprint density at radius 2 is 1.80 bits per heavy atom. The van der Waals surface area contributed by atoms with Crippen molar-refractivity contribution in [2.45, 2.75) is 6.92 Å². The van der Waals surface area contributed by atoms with Crippen molar-refractivity contribution in [2.75, 3.05) is 33.2 Å². The SMILES string of the molecule is COc1ccc(/C=C\C(=N/Nc2ccccc2)[C@@H](C)CN(C)C)cc1. The molecule has 0 saturated heterocycles. The van der Waals surface area contributed by atoms with Crippen molar-refractivity contribution in [1.29, 1.82) is 0 Å². The van der Waals surface area contributed by atoms with Gasteiger partial charge in [0.25, 0.3) is 0 Å². The minimum Gasteiger partial charge on any atom is -0.497 e. The number of hydrogen-bond acceptors (Lipinski definition) is 4. The Hall–Kier alpha value is -2.59. The van der Waals surface area contributed by atoms with Crippen LogP contribution in [0, 0.1) is 5.92 Å². The summed E-state index contributed by atoms with van der Waals surface area (Å²) in [6.45, 7) is 3.12. The Kier molecular flexibility index (Phi) is 7.23. The number of allylic oxidation sites excluding steroid dienone is 1. The first-order chi connectivity index (χ1) is 12.1. The van der Waals surface area contributed by atoms with Crippen LogP contribution in [0.2, 0.25) is 0 Å². The second-order valence-corrected chi connectivity index (χ2v) is 6.28. The van der Waals surface area contributed by atoms with Gasteiger partial charge in [-0.15, -0.1) is 0 Å². The fourth-order valence-electron chi connectivity index (χ4n) is 2.49. The van der Waals surface area contributed by atoms with Crippen LogP contribution in [0.15, 0.2) is 65.8 Å². The predicted octanol–water partition coefficient (Wildman–Crippen LogP) is 4.37. The van der Waals surface area contributed by atoms with Crippen molar-refractivity contribution in [2.24, 2.45) is 11.0 Å². The first kappa shape index (κ1) is 18.7. The summed E-state index contributed by atoms with van der Waals surface area (Å²) in [5.74, 6) is 1.17. The zero-order chi connectivity index (χ0) is 18.1. The van der Waals surface area contributed by atoms with Gasteiger partial charge in [0.1, 0.15) is 5.75 Å². The van der Waals surface area contributed by atoms with Crippen LogP contribution in [0.3, 0.4) is 0 Å². The van der Waals surface area contributed by atoms with E-state index in [4.69, 9.17) is 4.74 Å². The molecule has 0 unspecified atom stereocenters. The highest BCUT2D eigenvalue weighted by atomic mass is 16.5. The van der Waals surface area contributed by atoms with Crippen LogP contribution in [-0.2, 0) is 0 Å². The summed E-state index contributed by atoms with van der Waals surface area (Å²) in [7, 11) is 5.83. The Labute approximate surface area is 150 Å². The van der Waals surface area contributed by atoms with Gasteiger partial charge in [-0.3, -0.25) is 5.43 Å². The van der Waals surface area contributed by atoms with Gasteiger partial charge >= 0.3 is 0 Å². The highest BCUT2D eigenvalue weighted by molar-refractivity contribution is 6.00. The minimum atomic E-state index is 0.306. The Balaban J connectivity index is 2.16. The zero-order valence-electron chi connectivity index (χ0n) is 15.4. The maximum Gasteiger partial charge on any atom is 0.118 e. The molecule has 0 radical (unpaired) electrons. The van der Waals surface area contributed by atoms with Gasteiger partial charge in [0.15, 0.2) is 0 Å². The fourth-order valence-corrected chi connectivity index (χ4v) is 2.49. The van der Waals surface area contributed by atoms with E-state index < -0.39 is 0 Å². The number of nitrogens with one attached hydrogen (secondary N) is 1. The van der Waals surface area contributed by atoms with Gasteiger partial charge in [-0.25, -0.2) is 0 Å². The van der Waals surface area contributed by atoms with E-state index in [1.807, 2.05) is 54.6 Å². The Bertz CT molecular complexity index is 691. The molecule has 0 spiro atoms. The van der Waals surface area contributed by atoms with Crippen molar-refractivity contribution in [3.63, 3.8) is 0 Å². The number of hydrogen-bond donors (Lipinski definition) is 1. The molecule has 2 aromatic rings. The monoisotopic (exact) mass is 337 g/mol. The van der Waals surface area contributed by atoms with Gasteiger partial charge in [0.2, 0.25) is 0 Å². The van der Waals surface area contributed by atoms with E-state index in [2.05, 4.69) is 48.6 Å². The van der Waals surface area contributed by atoms with Gasteiger partial charge in [-0.2, -0.15) is 5.10 Å². The molecular weight excluding hydrogens is 310 g/mol. The van der Waals surface area contributed by atoms with Gasteiger partial charge in [-0.1, -0.05) is 43.3 Å². The number of anilines is 1. The van der Waals surface area contributed by atoms with E-state index in [9.17, 15) is 0 Å². The summed E-state index contributed by atoms with van der Waals surface area (Å²) in [6.07, 6.45) is 4.16. The molecule has 4 nitrogen and oxygen atoms in total. The Morgan fingerprint density at radius 3 is 2.40 bits per heavy atom. The number of rotatable bonds is 8. The second kappa shape index (κ2) is 9.64. The van der Waals surface area contributed by atoms with E-state index in [-0.39, 0.29) is 0 Å². The first-order valence-corrected chi connectivity index (χ1v) is 8.44. The molecule has 0 saturated carbocycles. The standard InChI is InChI=1S/C21H27N3O/c1-17(16-24(2)3)21(23-22-19-8-6-5-7-9-19)15-12-18-10-13-20(25-4)14-11-18/h5-15,17,22H,16H2,1-4H3/b15-12-,23-21+/t17-/m0/s1. The number of para-hydroxylation sites is 1. The van der Waals surface area contributed by atoms with Gasteiger partial charge in [0.05, 0.1) is 18.5 Å². The quantitative estimate of drug-likeness (QED) is 0.574. The summed E-state index contributed by atoms with van der Waals surface area (Å²) in [5, 5.41) is 4.62. The summed E-state index contributed by atoms with van der Waals surface area (Å²) < 4.78 is 5.20. The molecule has 2 rings (SSSR count). The van der Waals surface area contributed by atoms with E-state index in [1.54, 1.807) is 7.11 Å². The maximum atomic E-state index is 5.20. The number of nitrogens with zero attached hydrogens (tertiary/aromatic N) is 2. The molecule has 0 heterocycles. The molecule has 0 fully saturated rings. The topological polar surface area (TPSA) is 36.9 Å². The highest BCUT2D eigenvalue weighted by Gasteiger charge is 2.09. The molecule has 4 heteroatoms. The Morgan fingerprint density at radius 1 is 1.12 bits per heavy atom. The first-order valence-electron chi connectivity index (χ1n) is 8.44. The van der Waals surface area contributed by atoms with E-state index >= 15 is 0 Å². The van der Waals surface area contributed by atoms with E-state index in [0.29, 0.717) is 5.92 Å². The lowest BCUT2D eigenvalue weighted by atomic mass is 10.0. The van der Waals surface area contributed by atoms with Crippen molar-refractivity contribution in [3.8, 4) is 5.75 Å². The zero-order valence-corrected chi connectivity index (χ0v) is 15.4. The largest absolute Gasteiger partial charge is 0.497 e. The van der Waals surface area contributed by atoms with Crippen LogP contribution in [0.25, 0.3) is 6.08 Å². The third-order valence-electron chi connectivity index (χ3n) is 3.79. The number of benzene rings is 2. The van der Waals surface area contributed by atoms with E-state index in [1.165, 1.54) is 0 Å². The van der Waals surface area contributed by atoms with Crippen molar-refractivity contribution in [3.05, 3.63) is 66.2 Å². The highest BCUT2D eigenvalue weighted by Crippen LogP contribution is 2.14. The molecule has 25 heavy (non-hydrogen) atoms. The fraction of sp³-hybridized carbons (Fsp3) is 0.286. The molecule has 1 atom stereocenters. The van der Waals surface area contributed by atoms with Crippen LogP contribution >= 0.6 is 0 Å². The minimum absolute atomic E-state index is 0.306. The molecule has 0 aliphatic rings. The molecule has 2 aromatic carbocycles. The van der Waals surface area contributed by atoms with Crippen LogP contribution < -0.4 is 10.2 Å². The molecule has 0 amide bonds. The normalized spacial score (nSPS) is 13.2. The number of hydrazone groups is 1. The summed E-state index contributed by atoms with van der Waals surface area (Å²) in [4.78, 5) is 2.17. The van der Waals surface area contributed by atoms with Crippen molar-refractivity contribution < 1.29 is 4.74 Å². The number of ether oxygens (including phenoxy) is 1. The third-order valence-corrected chi connectivity index (χ3v) is 3.79. The average molecular weight is 337 g/mol. The summed E-state index contributed by atoms with van der Waals surface area (Å²) >= 11 is 0. The molecule has 132 valence electrons. The van der Waals surface area contributed by atoms with Crippen LogP contribution in [0.4, 0.5) is 5.69 Å². The van der Waals surface area contributed by atoms with Crippen LogP contribution in [0.1, 0.15) is 12.5 Å². The third kappa shape index (κ3) is 6.43.